The van der Waals surface area contributed by atoms with E-state index in [9.17, 15) is 4.79 Å². The van der Waals surface area contributed by atoms with Gasteiger partial charge in [-0.05, 0) is 72.1 Å². The second-order valence-corrected chi connectivity index (χ2v) is 9.77. The van der Waals surface area contributed by atoms with Crippen LogP contribution in [0.4, 0.5) is 0 Å². The van der Waals surface area contributed by atoms with Crippen LogP contribution in [-0.2, 0) is 19.5 Å². The minimum Gasteiger partial charge on any atom is -0.355 e. The number of aromatic nitrogens is 6. The van der Waals surface area contributed by atoms with Crippen LogP contribution in [-0.4, -0.2) is 35.4 Å². The average Bonchev–Trinajstić information content (AvgIpc) is 3.70. The number of H-pyrrole nitrogens is 2. The van der Waals surface area contributed by atoms with Crippen molar-refractivity contribution in [2.45, 2.75) is 6.92 Å². The van der Waals surface area contributed by atoms with Crippen LogP contribution in [0.2, 0.25) is 0 Å². The monoisotopic (exact) mass is 564 g/mol. The number of hydrogen-bond donors (Lipinski definition) is 2. The number of carbonyl (C=O) groups is 1. The fourth-order valence-electron chi connectivity index (χ4n) is 4.84. The van der Waals surface area contributed by atoms with E-state index in [0.717, 1.165) is 55.3 Å². The summed E-state index contributed by atoms with van der Waals surface area (Å²) in [6, 6.07) is 16.0. The van der Waals surface area contributed by atoms with Gasteiger partial charge in [-0.3, -0.25) is 9.36 Å². The third-order valence-electron chi connectivity index (χ3n) is 6.33. The molecule has 8 bridgehead atoms. The smallest absolute Gasteiger partial charge is 0.228 e. The van der Waals surface area contributed by atoms with E-state index in [0.29, 0.717) is 11.3 Å². The van der Waals surface area contributed by atoms with E-state index in [1.54, 1.807) is 35.2 Å². The predicted octanol–water partition coefficient (Wildman–Crippen LogP) is 6.91. The molecule has 0 aromatic carbocycles. The van der Waals surface area contributed by atoms with Crippen LogP contribution in [0.3, 0.4) is 0 Å². The average molecular weight is 566 g/mol. The molecule has 0 aliphatic carbocycles. The van der Waals surface area contributed by atoms with Crippen LogP contribution < -0.4 is 0 Å². The molecule has 2 aliphatic rings. The number of hydrogen-bond acceptors (Lipinski definition) is 5. The van der Waals surface area contributed by atoms with Crippen molar-refractivity contribution in [3.05, 3.63) is 89.1 Å². The first-order valence-corrected chi connectivity index (χ1v) is 12.7. The van der Waals surface area contributed by atoms with Gasteiger partial charge in [0.05, 0.1) is 39.4 Å². The van der Waals surface area contributed by atoms with Crippen molar-refractivity contribution in [1.82, 2.24) is 29.5 Å². The van der Waals surface area contributed by atoms with E-state index < -0.39 is 0 Å². The first-order chi connectivity index (χ1) is 18.1. The largest absolute Gasteiger partial charge is 0.355 e. The summed E-state index contributed by atoms with van der Waals surface area (Å²) in [6.45, 7) is 1.58. The Morgan fingerprint density at radius 1 is 0.842 bits per heavy atom. The first-order valence-electron chi connectivity index (χ1n) is 11.8. The molecule has 2 N–H and O–H groups in total. The van der Waals surface area contributed by atoms with Gasteiger partial charge >= 0.3 is 0 Å². The van der Waals surface area contributed by atoms with Crippen LogP contribution in [0.15, 0.2) is 66.3 Å². The molecule has 0 fully saturated rings. The van der Waals surface area contributed by atoms with Crippen molar-refractivity contribution in [3.8, 4) is 21.8 Å². The van der Waals surface area contributed by atoms with E-state index in [2.05, 4.69) is 21.0 Å². The van der Waals surface area contributed by atoms with Crippen molar-refractivity contribution < 1.29 is 24.3 Å². The molecular formula is C29H20N6OSZn. The predicted molar refractivity (Wildman–Crippen MR) is 150 cm³/mol. The number of nitrogens with zero attached hydrogens (tertiary/aromatic N) is 4. The van der Waals surface area contributed by atoms with Gasteiger partial charge in [-0.15, -0.1) is 11.3 Å². The molecule has 0 spiro atoms. The van der Waals surface area contributed by atoms with Crippen LogP contribution >= 0.6 is 11.3 Å². The van der Waals surface area contributed by atoms with Gasteiger partial charge in [-0.25, -0.2) is 15.0 Å². The van der Waals surface area contributed by atoms with Crippen LogP contribution in [0.1, 0.15) is 34.5 Å². The molecule has 0 saturated heterocycles. The third kappa shape index (κ3) is 4.20. The summed E-state index contributed by atoms with van der Waals surface area (Å²) in [4.78, 5) is 35.2. The molecule has 9 heteroatoms. The number of imidazole rings is 1. The van der Waals surface area contributed by atoms with E-state index in [4.69, 9.17) is 9.97 Å². The number of thiophene rings is 1. The number of aromatic amines is 2. The minimum absolute atomic E-state index is 0. The van der Waals surface area contributed by atoms with Crippen molar-refractivity contribution in [1.29, 1.82) is 0 Å². The van der Waals surface area contributed by atoms with Crippen molar-refractivity contribution in [3.63, 3.8) is 0 Å². The molecule has 180 valence electrons. The Labute approximate surface area is 234 Å². The van der Waals surface area contributed by atoms with E-state index >= 15 is 0 Å². The molecule has 38 heavy (non-hydrogen) atoms. The molecular weight excluding hydrogens is 546 g/mol. The van der Waals surface area contributed by atoms with E-state index in [1.165, 1.54) is 0 Å². The molecule has 2 aliphatic heterocycles. The number of carbonyl (C=O) groups excluding carboxylic acids is 1. The summed E-state index contributed by atoms with van der Waals surface area (Å²) < 4.78 is 1.74. The Morgan fingerprint density at radius 2 is 1.45 bits per heavy atom. The summed E-state index contributed by atoms with van der Waals surface area (Å²) in [5, 5.41) is 2.04. The zero-order valence-electron chi connectivity index (χ0n) is 20.5. The molecule has 7 nitrogen and oxygen atoms in total. The van der Waals surface area contributed by atoms with E-state index in [1.807, 2.05) is 72.1 Å². The second kappa shape index (κ2) is 9.60. The maximum Gasteiger partial charge on any atom is 0.228 e. The fourth-order valence-corrected chi connectivity index (χ4v) is 5.63. The van der Waals surface area contributed by atoms with Gasteiger partial charge in [-0.2, -0.15) is 0 Å². The molecule has 0 unspecified atom stereocenters. The molecule has 0 radical (unpaired) electrons. The van der Waals surface area contributed by atoms with Gasteiger partial charge in [0.25, 0.3) is 0 Å². The Morgan fingerprint density at radius 3 is 1.97 bits per heavy atom. The summed E-state index contributed by atoms with van der Waals surface area (Å²) >= 11 is 1.62. The molecule has 5 aromatic rings. The maximum absolute atomic E-state index is 13.3. The third-order valence-corrected chi connectivity index (χ3v) is 7.22. The van der Waals surface area contributed by atoms with E-state index in [-0.39, 0.29) is 25.4 Å². The van der Waals surface area contributed by atoms with Gasteiger partial charge in [-0.1, -0.05) is 6.07 Å². The summed E-state index contributed by atoms with van der Waals surface area (Å²) in [6.07, 6.45) is 11.4. The normalized spacial score (nSPS) is 12.0. The molecule has 0 amide bonds. The SMILES string of the molecule is CC(=O)n1c2cc3nc(cc4ccc(cc5nc(cc1c(-c1cccs1)c2-c1ncc[nH]1)C=C5)[nH]4)C=C3.[Zn]. The Hall–Kier alpha value is -4.20. The van der Waals surface area contributed by atoms with Gasteiger partial charge in [0.1, 0.15) is 5.82 Å². The maximum atomic E-state index is 13.3. The Bertz CT molecular complexity index is 1780. The zero-order valence-corrected chi connectivity index (χ0v) is 24.3. The van der Waals surface area contributed by atoms with Gasteiger partial charge in [0.15, 0.2) is 0 Å². The zero-order chi connectivity index (χ0) is 24.9. The summed E-state index contributed by atoms with van der Waals surface area (Å²) in [5.74, 6) is 0.576. The Balaban J connectivity index is 0.00000264. The summed E-state index contributed by atoms with van der Waals surface area (Å²) in [5.41, 5.74) is 8.32. The molecule has 7 rings (SSSR count). The van der Waals surface area contributed by atoms with Crippen LogP contribution in [0.25, 0.3) is 68.2 Å². The fraction of sp³-hybridized carbons (Fsp3) is 0.0345. The topological polar surface area (TPSA) is 92.2 Å². The standard InChI is InChI=1S/C29H20N6OS.Zn/c1-17(36)35-24-15-22-8-6-20(33-22)13-18-4-5-19(32-18)14-21-7-9-23(34-21)16-25(35)28(29-30-10-11-31-29)27(24)26-3-2-12-37-26;/h2-16,32H,1H3,(H,30,31);. The van der Waals surface area contributed by atoms with Gasteiger partial charge in [0.2, 0.25) is 5.91 Å². The quantitative estimate of drug-likeness (QED) is 0.223. The minimum atomic E-state index is -0.108. The van der Waals surface area contributed by atoms with Gasteiger partial charge < -0.3 is 9.97 Å². The van der Waals surface area contributed by atoms with Crippen LogP contribution in [0.5, 0.6) is 0 Å². The number of rotatable bonds is 2. The molecule has 5 aromatic heterocycles. The number of nitrogens with one attached hydrogen (secondary N) is 2. The van der Waals surface area contributed by atoms with Crippen molar-refractivity contribution in [2.24, 2.45) is 0 Å². The second-order valence-electron chi connectivity index (χ2n) is 8.83. The molecule has 7 heterocycles. The molecule has 0 atom stereocenters. The van der Waals surface area contributed by atoms with Crippen LogP contribution in [0, 0.1) is 0 Å². The van der Waals surface area contributed by atoms with Crippen molar-refractivity contribution in [2.75, 3.05) is 0 Å². The Kier molecular flexibility index (Phi) is 6.10. The van der Waals surface area contributed by atoms with Gasteiger partial charge in [0, 0.05) is 60.3 Å². The molecule has 0 saturated carbocycles. The first kappa shape index (κ1) is 24.2. The van der Waals surface area contributed by atoms with Crippen molar-refractivity contribution >= 4 is 63.6 Å². The summed E-state index contributed by atoms with van der Waals surface area (Å²) in [7, 11) is 0. The number of fused-ring (bicyclic) bond motifs is 8.